The molecule has 180 valence electrons. The number of hydrogen-bond donors (Lipinski definition) is 0. The average molecular weight is 478 g/mol. The lowest BCUT2D eigenvalue weighted by Gasteiger charge is -2.21. The topological polar surface area (TPSA) is 25.9 Å². The smallest absolute Gasteiger partial charge is 0.214 e. The van der Waals surface area contributed by atoms with Crippen molar-refractivity contribution in [2.24, 2.45) is 0 Å². The summed E-state index contributed by atoms with van der Waals surface area (Å²) in [5.41, 5.74) is 3.37. The summed E-state index contributed by atoms with van der Waals surface area (Å²) in [5.74, 6) is 0.876. The van der Waals surface area contributed by atoms with Crippen molar-refractivity contribution in [2.45, 2.75) is 25.2 Å². The average Bonchev–Trinajstić information content (AvgIpc) is 3.14. The van der Waals surface area contributed by atoms with Gasteiger partial charge in [-0.25, -0.2) is 4.58 Å². The van der Waals surface area contributed by atoms with Crippen LogP contribution in [0.1, 0.15) is 26.0 Å². The second-order valence-electron chi connectivity index (χ2n) is 9.08. The number of fused-ring (bicyclic) bond motifs is 2. The Morgan fingerprint density at radius 2 is 1.82 bits per heavy atom. The van der Waals surface area contributed by atoms with Crippen LogP contribution >= 0.6 is 11.8 Å². The zero-order chi connectivity index (χ0) is 24.2. The van der Waals surface area contributed by atoms with Gasteiger partial charge < -0.3 is 19.1 Å². The minimum Gasteiger partial charge on any atom is -0.456 e. The number of para-hydroxylation sites is 1. The van der Waals surface area contributed by atoms with Crippen molar-refractivity contribution < 1.29 is 4.42 Å². The normalized spacial score (nSPS) is 15.4. The highest BCUT2D eigenvalue weighted by atomic mass is 32.2. The Labute approximate surface area is 208 Å². The van der Waals surface area contributed by atoms with Crippen LogP contribution in [0.25, 0.3) is 17.0 Å². The standard InChI is InChI=1S/C28H37N4OS/c1-7-32(8-2)21-14-15-23-25(30(5)17-11-16-29(3)4)19-22(33-26(23)18-21)20-28-31(6)24-12-9-10-13-27(24)34-28/h9-10,12-15,18-20H,7-8,11,16-17H2,1-6H3/q+1. The Morgan fingerprint density at radius 1 is 1.06 bits per heavy atom. The molecule has 5 nitrogen and oxygen atoms in total. The van der Waals surface area contributed by atoms with Crippen LogP contribution in [0.2, 0.25) is 0 Å². The number of nitrogens with zero attached hydrogens (tertiary/aromatic N) is 4. The molecule has 6 heteroatoms. The molecule has 0 N–H and O–H groups in total. The summed E-state index contributed by atoms with van der Waals surface area (Å²) in [5, 5.41) is 3.53. The van der Waals surface area contributed by atoms with Gasteiger partial charge in [0.1, 0.15) is 24.9 Å². The van der Waals surface area contributed by atoms with E-state index in [1.54, 1.807) is 11.8 Å². The minimum atomic E-state index is 0.876. The van der Waals surface area contributed by atoms with Crippen LogP contribution in [-0.4, -0.2) is 59.3 Å². The van der Waals surface area contributed by atoms with E-state index in [-0.39, 0.29) is 0 Å². The second-order valence-corrected chi connectivity index (χ2v) is 10.1. The summed E-state index contributed by atoms with van der Waals surface area (Å²) in [4.78, 5) is 8.12. The lowest BCUT2D eigenvalue weighted by Crippen LogP contribution is -2.29. The van der Waals surface area contributed by atoms with E-state index >= 15 is 0 Å². The SMILES string of the molecule is CCN(CC)c1ccc2c(=[N+](C)CCCN(C)C)cc(/C=C3\Sc4ccccc4N3C)oc2c1. The van der Waals surface area contributed by atoms with Gasteiger partial charge in [-0.1, -0.05) is 23.9 Å². The molecule has 4 rings (SSSR count). The number of hydrogen-bond acceptors (Lipinski definition) is 5. The number of thioether (sulfide) groups is 1. The molecule has 1 aliphatic heterocycles. The first kappa shape index (κ1) is 24.4. The highest BCUT2D eigenvalue weighted by Gasteiger charge is 2.22. The fourth-order valence-electron chi connectivity index (χ4n) is 4.46. The molecule has 0 aliphatic carbocycles. The van der Waals surface area contributed by atoms with E-state index in [9.17, 15) is 0 Å². The molecule has 0 radical (unpaired) electrons. The summed E-state index contributed by atoms with van der Waals surface area (Å²) >= 11 is 1.79. The first-order valence-electron chi connectivity index (χ1n) is 12.1. The fourth-order valence-corrected chi connectivity index (χ4v) is 5.55. The molecule has 0 saturated carbocycles. The van der Waals surface area contributed by atoms with E-state index < -0.39 is 0 Å². The van der Waals surface area contributed by atoms with Crippen LogP contribution in [0.15, 0.2) is 62.9 Å². The van der Waals surface area contributed by atoms with Crippen LogP contribution in [0.4, 0.5) is 11.4 Å². The van der Waals surface area contributed by atoms with Gasteiger partial charge in [-0.15, -0.1) is 0 Å². The molecule has 2 aromatic carbocycles. The van der Waals surface area contributed by atoms with Gasteiger partial charge in [-0.2, -0.15) is 0 Å². The monoisotopic (exact) mass is 477 g/mol. The third-order valence-corrected chi connectivity index (χ3v) is 7.59. The van der Waals surface area contributed by atoms with Gasteiger partial charge in [-0.05, 0) is 52.2 Å². The molecule has 0 spiro atoms. The van der Waals surface area contributed by atoms with E-state index in [0.29, 0.717) is 0 Å². The van der Waals surface area contributed by atoms with Crippen LogP contribution < -0.4 is 19.7 Å². The van der Waals surface area contributed by atoms with Crippen molar-refractivity contribution in [3.63, 3.8) is 0 Å². The summed E-state index contributed by atoms with van der Waals surface area (Å²) in [6.45, 7) is 8.40. The summed E-state index contributed by atoms with van der Waals surface area (Å²) < 4.78 is 8.87. The van der Waals surface area contributed by atoms with Crippen LogP contribution in [0.5, 0.6) is 0 Å². The molecule has 1 aliphatic rings. The molecule has 0 saturated heterocycles. The number of rotatable bonds is 8. The molecule has 0 fully saturated rings. The summed E-state index contributed by atoms with van der Waals surface area (Å²) in [6, 6.07) is 17.4. The predicted octanol–water partition coefficient (Wildman–Crippen LogP) is 5.17. The highest BCUT2D eigenvalue weighted by Crippen LogP contribution is 2.45. The predicted molar refractivity (Wildman–Crippen MR) is 148 cm³/mol. The van der Waals surface area contributed by atoms with Crippen molar-refractivity contribution in [1.82, 2.24) is 9.48 Å². The van der Waals surface area contributed by atoms with Crippen molar-refractivity contribution >= 4 is 40.2 Å². The lowest BCUT2D eigenvalue weighted by atomic mass is 10.1. The summed E-state index contributed by atoms with van der Waals surface area (Å²) in [7, 11) is 8.57. The molecule has 1 aromatic heterocycles. The summed E-state index contributed by atoms with van der Waals surface area (Å²) in [6.07, 6.45) is 3.28. The van der Waals surface area contributed by atoms with Crippen LogP contribution in [-0.2, 0) is 0 Å². The lowest BCUT2D eigenvalue weighted by molar-refractivity contribution is 0.391. The molecular formula is C28H37N4OS+. The van der Waals surface area contributed by atoms with Gasteiger partial charge in [0.05, 0.1) is 22.2 Å². The molecule has 0 bridgehead atoms. The van der Waals surface area contributed by atoms with E-state index in [1.807, 2.05) is 0 Å². The van der Waals surface area contributed by atoms with Crippen LogP contribution in [0.3, 0.4) is 0 Å². The minimum absolute atomic E-state index is 0.876. The van der Waals surface area contributed by atoms with Gasteiger partial charge in [0.15, 0.2) is 0 Å². The fraction of sp³-hybridized carbons (Fsp3) is 0.393. The maximum Gasteiger partial charge on any atom is 0.214 e. The van der Waals surface area contributed by atoms with Gasteiger partial charge in [0, 0.05) is 55.8 Å². The quantitative estimate of drug-likeness (QED) is 0.417. The Bertz CT molecular complexity index is 1260. The molecule has 0 unspecified atom stereocenters. The first-order chi connectivity index (χ1) is 16.4. The highest BCUT2D eigenvalue weighted by molar-refractivity contribution is 8.03. The van der Waals surface area contributed by atoms with Gasteiger partial charge in [0.2, 0.25) is 5.36 Å². The number of anilines is 2. The Balaban J connectivity index is 1.82. The molecule has 0 amide bonds. The van der Waals surface area contributed by atoms with E-state index in [0.717, 1.165) is 49.3 Å². The van der Waals surface area contributed by atoms with E-state index in [4.69, 9.17) is 4.42 Å². The van der Waals surface area contributed by atoms with Gasteiger partial charge in [0.25, 0.3) is 0 Å². The Hall–Kier alpha value is -2.70. The van der Waals surface area contributed by atoms with Crippen molar-refractivity contribution in [3.05, 3.63) is 64.7 Å². The van der Waals surface area contributed by atoms with Crippen LogP contribution in [0, 0.1) is 0 Å². The van der Waals surface area contributed by atoms with Crippen molar-refractivity contribution in [2.75, 3.05) is 64.2 Å². The maximum atomic E-state index is 6.51. The zero-order valence-corrected chi connectivity index (χ0v) is 22.2. The zero-order valence-electron chi connectivity index (χ0n) is 21.3. The number of benzene rings is 2. The maximum absolute atomic E-state index is 6.51. The Morgan fingerprint density at radius 3 is 2.53 bits per heavy atom. The Kier molecular flexibility index (Phi) is 7.69. The molecule has 3 aromatic rings. The van der Waals surface area contributed by atoms with E-state index in [1.165, 1.54) is 26.7 Å². The second kappa shape index (κ2) is 10.7. The van der Waals surface area contributed by atoms with Gasteiger partial charge in [-0.3, -0.25) is 0 Å². The van der Waals surface area contributed by atoms with Crippen molar-refractivity contribution in [1.29, 1.82) is 0 Å². The van der Waals surface area contributed by atoms with E-state index in [2.05, 4.69) is 116 Å². The third-order valence-electron chi connectivity index (χ3n) is 6.42. The molecule has 2 heterocycles. The molecule has 34 heavy (non-hydrogen) atoms. The van der Waals surface area contributed by atoms with Gasteiger partial charge >= 0.3 is 0 Å². The first-order valence-corrected chi connectivity index (χ1v) is 13.0. The molecular weight excluding hydrogens is 440 g/mol. The third kappa shape index (κ3) is 5.18. The largest absolute Gasteiger partial charge is 0.456 e. The molecule has 0 atom stereocenters. The van der Waals surface area contributed by atoms with Crippen molar-refractivity contribution in [3.8, 4) is 0 Å².